The van der Waals surface area contributed by atoms with Crippen molar-refractivity contribution >= 4 is 0 Å². The second-order valence-corrected chi connectivity index (χ2v) is 3.92. The Morgan fingerprint density at radius 1 is 1.38 bits per heavy atom. The number of hydrogen-bond acceptors (Lipinski definition) is 3. The molecule has 1 aliphatic carbocycles. The van der Waals surface area contributed by atoms with Crippen LogP contribution >= 0.6 is 0 Å². The summed E-state index contributed by atoms with van der Waals surface area (Å²) in [5, 5.41) is 9.74. The van der Waals surface area contributed by atoms with E-state index in [1.165, 1.54) is 0 Å². The number of benzene rings is 1. The van der Waals surface area contributed by atoms with E-state index in [1.807, 2.05) is 25.1 Å². The summed E-state index contributed by atoms with van der Waals surface area (Å²) in [5.74, 6) is 0.897. The van der Waals surface area contributed by atoms with Crippen molar-refractivity contribution in [3.05, 3.63) is 29.3 Å². The van der Waals surface area contributed by atoms with Gasteiger partial charge in [-0.3, -0.25) is 0 Å². The van der Waals surface area contributed by atoms with E-state index in [-0.39, 0.29) is 6.10 Å². The SMILES string of the molecule is CCOCCOc1cccc2c1CCC2O. The quantitative estimate of drug-likeness (QED) is 0.775. The van der Waals surface area contributed by atoms with Gasteiger partial charge in [-0.05, 0) is 31.4 Å². The third kappa shape index (κ3) is 2.36. The van der Waals surface area contributed by atoms with Crippen LogP contribution < -0.4 is 4.74 Å². The van der Waals surface area contributed by atoms with Crippen LogP contribution in [0.15, 0.2) is 18.2 Å². The summed E-state index contributed by atoms with van der Waals surface area (Å²) >= 11 is 0. The molecule has 3 nitrogen and oxygen atoms in total. The van der Waals surface area contributed by atoms with Gasteiger partial charge in [0.1, 0.15) is 12.4 Å². The van der Waals surface area contributed by atoms with Crippen LogP contribution in [0.2, 0.25) is 0 Å². The van der Waals surface area contributed by atoms with E-state index >= 15 is 0 Å². The molecule has 0 spiro atoms. The molecule has 1 aromatic rings. The van der Waals surface area contributed by atoms with Crippen molar-refractivity contribution in [2.75, 3.05) is 19.8 Å². The molecule has 0 amide bonds. The van der Waals surface area contributed by atoms with E-state index in [2.05, 4.69) is 0 Å². The number of rotatable bonds is 5. The fourth-order valence-electron chi connectivity index (χ4n) is 2.09. The summed E-state index contributed by atoms with van der Waals surface area (Å²) < 4.78 is 10.9. The Kier molecular flexibility index (Phi) is 3.80. The molecule has 16 heavy (non-hydrogen) atoms. The van der Waals surface area contributed by atoms with Gasteiger partial charge >= 0.3 is 0 Å². The molecule has 1 N–H and O–H groups in total. The molecule has 0 saturated carbocycles. The maximum atomic E-state index is 9.74. The van der Waals surface area contributed by atoms with Crippen LogP contribution in [-0.4, -0.2) is 24.9 Å². The monoisotopic (exact) mass is 222 g/mol. The zero-order chi connectivity index (χ0) is 11.4. The Morgan fingerprint density at radius 3 is 3.06 bits per heavy atom. The van der Waals surface area contributed by atoms with Crippen LogP contribution in [0.1, 0.15) is 30.6 Å². The third-order valence-electron chi connectivity index (χ3n) is 2.89. The molecule has 0 radical (unpaired) electrons. The minimum atomic E-state index is -0.314. The van der Waals surface area contributed by atoms with Crippen molar-refractivity contribution in [2.24, 2.45) is 0 Å². The second kappa shape index (κ2) is 5.32. The van der Waals surface area contributed by atoms with Crippen molar-refractivity contribution in [3.8, 4) is 5.75 Å². The van der Waals surface area contributed by atoms with E-state index in [4.69, 9.17) is 9.47 Å². The zero-order valence-corrected chi connectivity index (χ0v) is 9.61. The van der Waals surface area contributed by atoms with Crippen LogP contribution in [0.5, 0.6) is 5.75 Å². The molecular weight excluding hydrogens is 204 g/mol. The molecular formula is C13H18O3. The molecule has 1 unspecified atom stereocenters. The molecule has 0 bridgehead atoms. The predicted molar refractivity (Wildman–Crippen MR) is 61.7 cm³/mol. The van der Waals surface area contributed by atoms with E-state index in [1.54, 1.807) is 0 Å². The van der Waals surface area contributed by atoms with Gasteiger partial charge in [0.2, 0.25) is 0 Å². The van der Waals surface area contributed by atoms with Gasteiger partial charge in [-0.2, -0.15) is 0 Å². The highest BCUT2D eigenvalue weighted by atomic mass is 16.5. The second-order valence-electron chi connectivity index (χ2n) is 3.92. The minimum Gasteiger partial charge on any atom is -0.491 e. The fraction of sp³-hybridized carbons (Fsp3) is 0.538. The average molecular weight is 222 g/mol. The summed E-state index contributed by atoms with van der Waals surface area (Å²) in [6, 6.07) is 5.87. The van der Waals surface area contributed by atoms with Crippen molar-refractivity contribution in [2.45, 2.75) is 25.9 Å². The summed E-state index contributed by atoms with van der Waals surface area (Å²) in [5.41, 5.74) is 2.18. The highest BCUT2D eigenvalue weighted by molar-refractivity contribution is 5.44. The normalized spacial score (nSPS) is 18.5. The topological polar surface area (TPSA) is 38.7 Å². The molecule has 1 aromatic carbocycles. The number of fused-ring (bicyclic) bond motifs is 1. The highest BCUT2D eigenvalue weighted by Crippen LogP contribution is 2.36. The first-order valence-corrected chi connectivity index (χ1v) is 5.83. The summed E-state index contributed by atoms with van der Waals surface area (Å²) in [7, 11) is 0. The Hall–Kier alpha value is -1.06. The first-order chi connectivity index (χ1) is 7.83. The van der Waals surface area contributed by atoms with Crippen molar-refractivity contribution in [3.63, 3.8) is 0 Å². The van der Waals surface area contributed by atoms with Crippen molar-refractivity contribution < 1.29 is 14.6 Å². The lowest BCUT2D eigenvalue weighted by atomic mass is 10.1. The van der Waals surface area contributed by atoms with Gasteiger partial charge < -0.3 is 14.6 Å². The van der Waals surface area contributed by atoms with Crippen LogP contribution in [0.3, 0.4) is 0 Å². The molecule has 2 rings (SSSR count). The molecule has 1 aliphatic rings. The number of aliphatic hydroxyl groups excluding tert-OH is 1. The summed E-state index contributed by atoms with van der Waals surface area (Å²) in [4.78, 5) is 0. The van der Waals surface area contributed by atoms with Crippen molar-refractivity contribution in [1.82, 2.24) is 0 Å². The van der Waals surface area contributed by atoms with E-state index < -0.39 is 0 Å². The number of aliphatic hydroxyl groups is 1. The molecule has 88 valence electrons. The molecule has 3 heteroatoms. The molecule has 0 saturated heterocycles. The lowest BCUT2D eigenvalue weighted by Crippen LogP contribution is -2.07. The predicted octanol–water partition coefficient (Wildman–Crippen LogP) is 2.08. The maximum absolute atomic E-state index is 9.74. The van der Waals surface area contributed by atoms with Crippen LogP contribution in [-0.2, 0) is 11.2 Å². The molecule has 1 atom stereocenters. The van der Waals surface area contributed by atoms with Gasteiger partial charge in [0.25, 0.3) is 0 Å². The average Bonchev–Trinajstić information content (AvgIpc) is 2.68. The lowest BCUT2D eigenvalue weighted by Gasteiger charge is -2.11. The van der Waals surface area contributed by atoms with Gasteiger partial charge in [-0.1, -0.05) is 12.1 Å². The van der Waals surface area contributed by atoms with Gasteiger partial charge in [-0.25, -0.2) is 0 Å². The van der Waals surface area contributed by atoms with Crippen LogP contribution in [0.25, 0.3) is 0 Å². The Labute approximate surface area is 96.0 Å². The number of hydrogen-bond donors (Lipinski definition) is 1. The van der Waals surface area contributed by atoms with E-state index in [0.717, 1.165) is 36.3 Å². The summed E-state index contributed by atoms with van der Waals surface area (Å²) in [6.45, 7) is 3.87. The smallest absolute Gasteiger partial charge is 0.122 e. The van der Waals surface area contributed by atoms with Gasteiger partial charge in [0.05, 0.1) is 12.7 Å². The van der Waals surface area contributed by atoms with E-state index in [0.29, 0.717) is 13.2 Å². The maximum Gasteiger partial charge on any atom is 0.122 e. The third-order valence-corrected chi connectivity index (χ3v) is 2.89. The van der Waals surface area contributed by atoms with Gasteiger partial charge in [0.15, 0.2) is 0 Å². The molecule has 0 heterocycles. The standard InChI is InChI=1S/C13H18O3/c1-2-15-8-9-16-13-5-3-4-10-11(13)6-7-12(10)14/h3-5,12,14H,2,6-9H2,1H3. The molecule has 0 aromatic heterocycles. The summed E-state index contributed by atoms with van der Waals surface area (Å²) in [6.07, 6.45) is 1.40. The Morgan fingerprint density at radius 2 is 2.25 bits per heavy atom. The largest absolute Gasteiger partial charge is 0.491 e. The fourth-order valence-corrected chi connectivity index (χ4v) is 2.09. The Balaban J connectivity index is 2.00. The van der Waals surface area contributed by atoms with Crippen LogP contribution in [0, 0.1) is 0 Å². The zero-order valence-electron chi connectivity index (χ0n) is 9.61. The highest BCUT2D eigenvalue weighted by Gasteiger charge is 2.22. The van der Waals surface area contributed by atoms with Gasteiger partial charge in [-0.15, -0.1) is 0 Å². The minimum absolute atomic E-state index is 0.314. The first kappa shape index (κ1) is 11.4. The van der Waals surface area contributed by atoms with Crippen LogP contribution in [0.4, 0.5) is 0 Å². The molecule has 0 fully saturated rings. The lowest BCUT2D eigenvalue weighted by molar-refractivity contribution is 0.110. The Bertz CT molecular complexity index is 349. The first-order valence-electron chi connectivity index (χ1n) is 5.83. The van der Waals surface area contributed by atoms with E-state index in [9.17, 15) is 5.11 Å². The number of ether oxygens (including phenoxy) is 2. The van der Waals surface area contributed by atoms with Crippen molar-refractivity contribution in [1.29, 1.82) is 0 Å². The molecule has 0 aliphatic heterocycles. The van der Waals surface area contributed by atoms with Gasteiger partial charge in [0, 0.05) is 12.2 Å².